The summed E-state index contributed by atoms with van der Waals surface area (Å²) in [7, 11) is -3.34. The zero-order chi connectivity index (χ0) is 25.0. The van der Waals surface area contributed by atoms with Crippen LogP contribution in [0.5, 0.6) is 0 Å². The summed E-state index contributed by atoms with van der Waals surface area (Å²) < 4.78 is 17.7. The van der Waals surface area contributed by atoms with Crippen LogP contribution in [0.2, 0.25) is 39.3 Å². The molecule has 0 saturated heterocycles. The van der Waals surface area contributed by atoms with Gasteiger partial charge >= 0.3 is 5.97 Å². The van der Waals surface area contributed by atoms with Gasteiger partial charge in [0.25, 0.3) is 0 Å². The molecule has 0 aliphatic rings. The normalized spacial score (nSPS) is 14.0. The van der Waals surface area contributed by atoms with Gasteiger partial charge in [0.2, 0.25) is 0 Å². The summed E-state index contributed by atoms with van der Waals surface area (Å²) in [6.45, 7) is 15.9. The van der Waals surface area contributed by atoms with Gasteiger partial charge in [-0.05, 0) is 77.8 Å². The minimum absolute atomic E-state index is 0.117. The molecule has 0 spiro atoms. The van der Waals surface area contributed by atoms with Crippen molar-refractivity contribution in [2.24, 2.45) is 0 Å². The van der Waals surface area contributed by atoms with Gasteiger partial charge in [0, 0.05) is 6.42 Å². The standard InChI is InChI=1S/C27H52O4Si2/c1-8-9-10-11-12-13-14-15-16-17-18-19-20-21-22-23-27(28)29-24-26(31-33(5,6)7)25-30-32(2,3)4/h9-10,12-13,15-16,26H,8,11,14,17-25H2,1-7H3/b10-9+,13-12+,16-15+. The van der Waals surface area contributed by atoms with Gasteiger partial charge in [0.1, 0.15) is 12.7 Å². The van der Waals surface area contributed by atoms with Crippen molar-refractivity contribution in [2.75, 3.05) is 13.2 Å². The smallest absolute Gasteiger partial charge is 0.305 e. The fourth-order valence-electron chi connectivity index (χ4n) is 3.11. The van der Waals surface area contributed by atoms with E-state index in [4.69, 9.17) is 13.6 Å². The summed E-state index contributed by atoms with van der Waals surface area (Å²) in [5, 5.41) is 0. The summed E-state index contributed by atoms with van der Waals surface area (Å²) in [4.78, 5) is 12.1. The molecule has 0 bridgehead atoms. The van der Waals surface area contributed by atoms with Crippen LogP contribution in [-0.2, 0) is 18.4 Å². The Kier molecular flexibility index (Phi) is 18.8. The molecule has 0 saturated carbocycles. The van der Waals surface area contributed by atoms with Gasteiger partial charge in [0.15, 0.2) is 16.6 Å². The van der Waals surface area contributed by atoms with E-state index < -0.39 is 16.6 Å². The van der Waals surface area contributed by atoms with Crippen LogP contribution in [0.1, 0.15) is 71.1 Å². The first-order valence-electron chi connectivity index (χ1n) is 13.0. The predicted molar refractivity (Wildman–Crippen MR) is 148 cm³/mol. The van der Waals surface area contributed by atoms with Gasteiger partial charge in [-0.15, -0.1) is 0 Å². The maximum atomic E-state index is 12.1. The van der Waals surface area contributed by atoms with E-state index in [1.54, 1.807) is 0 Å². The molecule has 0 aromatic carbocycles. The molecule has 0 aliphatic carbocycles. The molecule has 0 aliphatic heterocycles. The van der Waals surface area contributed by atoms with Crippen molar-refractivity contribution in [1.82, 2.24) is 0 Å². The van der Waals surface area contributed by atoms with E-state index in [0.717, 1.165) is 38.5 Å². The highest BCUT2D eigenvalue weighted by atomic mass is 28.4. The molecule has 192 valence electrons. The number of hydrogen-bond donors (Lipinski definition) is 0. The summed E-state index contributed by atoms with van der Waals surface area (Å²) in [6.07, 6.45) is 23.7. The second kappa shape index (κ2) is 19.4. The van der Waals surface area contributed by atoms with E-state index in [0.29, 0.717) is 19.6 Å². The number of ether oxygens (including phenoxy) is 1. The van der Waals surface area contributed by atoms with Crippen molar-refractivity contribution in [3.8, 4) is 0 Å². The van der Waals surface area contributed by atoms with E-state index in [1.807, 2.05) is 0 Å². The summed E-state index contributed by atoms with van der Waals surface area (Å²) in [6, 6.07) is 0. The summed E-state index contributed by atoms with van der Waals surface area (Å²) >= 11 is 0. The first-order chi connectivity index (χ1) is 15.5. The third-order valence-corrected chi connectivity index (χ3v) is 6.76. The lowest BCUT2D eigenvalue weighted by molar-refractivity contribution is -0.146. The topological polar surface area (TPSA) is 44.8 Å². The van der Waals surface area contributed by atoms with Crippen LogP contribution in [0, 0.1) is 0 Å². The third kappa shape index (κ3) is 25.5. The lowest BCUT2D eigenvalue weighted by atomic mass is 10.1. The van der Waals surface area contributed by atoms with E-state index in [1.165, 1.54) is 19.3 Å². The molecule has 0 N–H and O–H groups in total. The molecule has 0 aromatic heterocycles. The Bertz CT molecular complexity index is 572. The highest BCUT2D eigenvalue weighted by molar-refractivity contribution is 6.70. The second-order valence-corrected chi connectivity index (χ2v) is 19.5. The highest BCUT2D eigenvalue weighted by Crippen LogP contribution is 2.13. The average Bonchev–Trinajstić information content (AvgIpc) is 2.71. The van der Waals surface area contributed by atoms with E-state index in [2.05, 4.69) is 82.7 Å². The van der Waals surface area contributed by atoms with Crippen LogP contribution < -0.4 is 0 Å². The summed E-state index contributed by atoms with van der Waals surface area (Å²) in [5.41, 5.74) is 0. The second-order valence-electron chi connectivity index (χ2n) is 10.6. The number of hydrogen-bond acceptors (Lipinski definition) is 4. The van der Waals surface area contributed by atoms with E-state index >= 15 is 0 Å². The van der Waals surface area contributed by atoms with Crippen molar-refractivity contribution in [3.05, 3.63) is 36.5 Å². The van der Waals surface area contributed by atoms with Crippen LogP contribution in [0.25, 0.3) is 0 Å². The van der Waals surface area contributed by atoms with Crippen molar-refractivity contribution in [1.29, 1.82) is 0 Å². The monoisotopic (exact) mass is 496 g/mol. The van der Waals surface area contributed by atoms with Gasteiger partial charge in [-0.25, -0.2) is 0 Å². The molecular weight excluding hydrogens is 444 g/mol. The molecule has 4 nitrogen and oxygen atoms in total. The third-order valence-electron chi connectivity index (χ3n) is 4.68. The van der Waals surface area contributed by atoms with E-state index in [-0.39, 0.29) is 12.1 Å². The quantitative estimate of drug-likeness (QED) is 0.0737. The first-order valence-corrected chi connectivity index (χ1v) is 19.8. The SMILES string of the molecule is CC/C=C/C/C=C/C/C=C/CCCCCCCC(=O)OCC(CO[Si](C)(C)C)O[Si](C)(C)C. The fourth-order valence-corrected chi connectivity index (χ4v) is 4.93. The number of unbranched alkanes of at least 4 members (excludes halogenated alkanes) is 5. The Morgan fingerprint density at radius 2 is 1.30 bits per heavy atom. The largest absolute Gasteiger partial charge is 0.463 e. The molecule has 0 radical (unpaired) electrons. The van der Waals surface area contributed by atoms with Gasteiger partial charge in [0.05, 0.1) is 6.61 Å². The minimum Gasteiger partial charge on any atom is -0.463 e. The zero-order valence-corrected chi connectivity index (χ0v) is 24.7. The molecular formula is C27H52O4Si2. The van der Waals surface area contributed by atoms with Gasteiger partial charge < -0.3 is 13.6 Å². The molecule has 0 fully saturated rings. The van der Waals surface area contributed by atoms with Crippen LogP contribution >= 0.6 is 0 Å². The fraction of sp³-hybridized carbons (Fsp3) is 0.741. The van der Waals surface area contributed by atoms with Crippen molar-refractivity contribution < 1.29 is 18.4 Å². The first kappa shape index (κ1) is 32.0. The van der Waals surface area contributed by atoms with Crippen LogP contribution in [0.3, 0.4) is 0 Å². The van der Waals surface area contributed by atoms with Crippen LogP contribution in [0.4, 0.5) is 0 Å². The lowest BCUT2D eigenvalue weighted by Gasteiger charge is -2.28. The number of allylic oxidation sites excluding steroid dienone is 6. The molecule has 33 heavy (non-hydrogen) atoms. The number of esters is 1. The van der Waals surface area contributed by atoms with Gasteiger partial charge in [-0.1, -0.05) is 62.6 Å². The van der Waals surface area contributed by atoms with Crippen molar-refractivity contribution in [3.63, 3.8) is 0 Å². The minimum atomic E-state index is -1.72. The Labute approximate surface area is 207 Å². The van der Waals surface area contributed by atoms with Crippen molar-refractivity contribution in [2.45, 2.75) is 117 Å². The number of carbonyl (C=O) groups is 1. The molecule has 1 unspecified atom stereocenters. The van der Waals surface area contributed by atoms with Crippen molar-refractivity contribution >= 4 is 22.6 Å². The lowest BCUT2D eigenvalue weighted by Crippen LogP contribution is -2.40. The molecule has 0 heterocycles. The maximum Gasteiger partial charge on any atom is 0.305 e. The Morgan fingerprint density at radius 1 is 0.727 bits per heavy atom. The average molecular weight is 497 g/mol. The molecule has 0 amide bonds. The number of rotatable bonds is 20. The molecule has 1 atom stereocenters. The van der Waals surface area contributed by atoms with Crippen LogP contribution in [0.15, 0.2) is 36.5 Å². The highest BCUT2D eigenvalue weighted by Gasteiger charge is 2.25. The van der Waals surface area contributed by atoms with Gasteiger partial charge in [-0.3, -0.25) is 4.79 Å². The zero-order valence-electron chi connectivity index (χ0n) is 22.7. The maximum absolute atomic E-state index is 12.1. The van der Waals surface area contributed by atoms with Crippen LogP contribution in [-0.4, -0.2) is 41.9 Å². The Morgan fingerprint density at radius 3 is 1.91 bits per heavy atom. The molecule has 0 aromatic rings. The molecule has 6 heteroatoms. The number of carbonyl (C=O) groups excluding carboxylic acids is 1. The van der Waals surface area contributed by atoms with Gasteiger partial charge in [-0.2, -0.15) is 0 Å². The Balaban J connectivity index is 3.82. The summed E-state index contributed by atoms with van der Waals surface area (Å²) in [5.74, 6) is -0.117. The predicted octanol–water partition coefficient (Wildman–Crippen LogP) is 8.19. The van der Waals surface area contributed by atoms with E-state index in [9.17, 15) is 4.79 Å². The molecule has 0 rings (SSSR count). The Hall–Kier alpha value is -0.956.